The van der Waals surface area contributed by atoms with Crippen LogP contribution >= 0.6 is 0 Å². The Hall–Kier alpha value is -2.45. The fraction of sp³-hybridized carbons (Fsp3) is 0.400. The maximum atomic E-state index is 12.2. The number of aliphatic carboxylic acids is 1. The Morgan fingerprint density at radius 1 is 1.39 bits per heavy atom. The molecule has 1 fully saturated rings. The second-order valence-corrected chi connectivity index (χ2v) is 5.25. The minimum absolute atomic E-state index is 0.0483. The lowest BCUT2D eigenvalue weighted by Gasteiger charge is -2.36. The van der Waals surface area contributed by atoms with Crippen molar-refractivity contribution in [3.63, 3.8) is 0 Å². The SMILES string of the molecule is C[C@H](C(=O)O)N1OC[C@@H](O)[C@H](NC(=O)Cc2ccccc2)C1=O. The van der Waals surface area contributed by atoms with Crippen molar-refractivity contribution >= 4 is 17.8 Å². The molecule has 2 amide bonds. The van der Waals surface area contributed by atoms with E-state index in [2.05, 4.69) is 5.32 Å². The van der Waals surface area contributed by atoms with E-state index in [-0.39, 0.29) is 13.0 Å². The average Bonchev–Trinajstić information content (AvgIpc) is 2.52. The van der Waals surface area contributed by atoms with Crippen LogP contribution in [0.4, 0.5) is 0 Å². The van der Waals surface area contributed by atoms with E-state index in [4.69, 9.17) is 9.94 Å². The molecule has 0 spiro atoms. The summed E-state index contributed by atoms with van der Waals surface area (Å²) in [4.78, 5) is 40.2. The number of aliphatic hydroxyl groups excluding tert-OH is 1. The summed E-state index contributed by atoms with van der Waals surface area (Å²) < 4.78 is 0. The van der Waals surface area contributed by atoms with Gasteiger partial charge in [0.05, 0.1) is 6.42 Å². The van der Waals surface area contributed by atoms with Crippen LogP contribution in [0, 0.1) is 0 Å². The second-order valence-electron chi connectivity index (χ2n) is 5.25. The minimum Gasteiger partial charge on any atom is -0.480 e. The fourth-order valence-electron chi connectivity index (χ4n) is 2.18. The lowest BCUT2D eigenvalue weighted by molar-refractivity contribution is -0.233. The summed E-state index contributed by atoms with van der Waals surface area (Å²) in [5.41, 5.74) is 0.759. The molecule has 0 aromatic heterocycles. The zero-order chi connectivity index (χ0) is 17.0. The summed E-state index contributed by atoms with van der Waals surface area (Å²) in [6.45, 7) is 1.00. The van der Waals surface area contributed by atoms with Crippen LogP contribution < -0.4 is 5.32 Å². The molecular formula is C15H18N2O6. The van der Waals surface area contributed by atoms with Crippen LogP contribution in [0.15, 0.2) is 30.3 Å². The highest BCUT2D eigenvalue weighted by Crippen LogP contribution is 2.14. The molecule has 1 aliphatic heterocycles. The molecule has 3 atom stereocenters. The number of hydroxylamine groups is 2. The number of rotatable bonds is 5. The minimum atomic E-state index is -1.25. The Balaban J connectivity index is 2.03. The van der Waals surface area contributed by atoms with Crippen molar-refractivity contribution < 1.29 is 29.4 Å². The molecule has 2 rings (SSSR count). The Labute approximate surface area is 132 Å². The number of aliphatic hydroxyl groups is 1. The molecule has 8 nitrogen and oxygen atoms in total. The van der Waals surface area contributed by atoms with Gasteiger partial charge in [-0.25, -0.2) is 9.86 Å². The van der Waals surface area contributed by atoms with Crippen molar-refractivity contribution in [3.8, 4) is 0 Å². The van der Waals surface area contributed by atoms with Crippen LogP contribution in [-0.2, 0) is 25.6 Å². The number of benzene rings is 1. The molecule has 124 valence electrons. The van der Waals surface area contributed by atoms with Crippen molar-refractivity contribution in [2.45, 2.75) is 31.5 Å². The van der Waals surface area contributed by atoms with Crippen molar-refractivity contribution in [1.82, 2.24) is 10.4 Å². The van der Waals surface area contributed by atoms with Crippen LogP contribution in [0.25, 0.3) is 0 Å². The second kappa shape index (κ2) is 7.21. The van der Waals surface area contributed by atoms with E-state index in [0.29, 0.717) is 5.06 Å². The highest BCUT2D eigenvalue weighted by Gasteiger charge is 2.41. The van der Waals surface area contributed by atoms with E-state index >= 15 is 0 Å². The van der Waals surface area contributed by atoms with Crippen molar-refractivity contribution in [3.05, 3.63) is 35.9 Å². The molecule has 1 aliphatic rings. The lowest BCUT2D eigenvalue weighted by Crippen LogP contribution is -2.62. The summed E-state index contributed by atoms with van der Waals surface area (Å²) in [6.07, 6.45) is -1.19. The van der Waals surface area contributed by atoms with E-state index < -0.39 is 36.0 Å². The first-order chi connectivity index (χ1) is 10.9. The summed E-state index contributed by atoms with van der Waals surface area (Å²) in [6, 6.07) is 6.46. The monoisotopic (exact) mass is 322 g/mol. The average molecular weight is 322 g/mol. The summed E-state index contributed by atoms with van der Waals surface area (Å²) in [5.74, 6) is -2.48. The van der Waals surface area contributed by atoms with Gasteiger partial charge in [-0.3, -0.25) is 14.4 Å². The summed E-state index contributed by atoms with van der Waals surface area (Å²) in [5, 5.41) is 21.9. The van der Waals surface area contributed by atoms with Crippen LogP contribution in [-0.4, -0.2) is 57.9 Å². The first-order valence-corrected chi connectivity index (χ1v) is 7.10. The molecule has 3 N–H and O–H groups in total. The molecule has 0 aliphatic carbocycles. The zero-order valence-electron chi connectivity index (χ0n) is 12.5. The van der Waals surface area contributed by atoms with Crippen LogP contribution in [0.3, 0.4) is 0 Å². The third kappa shape index (κ3) is 4.05. The first-order valence-electron chi connectivity index (χ1n) is 7.10. The molecule has 0 unspecified atom stereocenters. The number of nitrogens with one attached hydrogen (secondary N) is 1. The molecule has 23 heavy (non-hydrogen) atoms. The van der Waals surface area contributed by atoms with Crippen LogP contribution in [0.2, 0.25) is 0 Å². The molecule has 1 aromatic carbocycles. The molecule has 1 aromatic rings. The molecule has 0 bridgehead atoms. The van der Waals surface area contributed by atoms with E-state index in [1.54, 1.807) is 24.3 Å². The standard InChI is InChI=1S/C15H18N2O6/c1-9(15(21)22)17-14(20)13(11(18)8-23-17)16-12(19)7-10-5-3-2-4-6-10/h2-6,9,11,13,18H,7-8H2,1H3,(H,16,19)(H,21,22)/t9-,11-,13+/m1/s1. The van der Waals surface area contributed by atoms with Gasteiger partial charge >= 0.3 is 5.97 Å². The normalized spacial score (nSPS) is 22.5. The quantitative estimate of drug-likeness (QED) is 0.661. The van der Waals surface area contributed by atoms with Gasteiger partial charge in [0.25, 0.3) is 5.91 Å². The number of carboxylic acids is 1. The van der Waals surface area contributed by atoms with Crippen LogP contribution in [0.1, 0.15) is 12.5 Å². The van der Waals surface area contributed by atoms with E-state index in [9.17, 15) is 19.5 Å². The fourth-order valence-corrected chi connectivity index (χ4v) is 2.18. The predicted octanol–water partition coefficient (Wildman–Crippen LogP) is -0.678. The number of carbonyl (C=O) groups excluding carboxylic acids is 2. The number of hydrogen-bond acceptors (Lipinski definition) is 5. The van der Waals surface area contributed by atoms with Crippen LogP contribution in [0.5, 0.6) is 0 Å². The number of amides is 2. The predicted molar refractivity (Wildman–Crippen MR) is 78.0 cm³/mol. The molecule has 1 heterocycles. The third-order valence-electron chi connectivity index (χ3n) is 3.49. The third-order valence-corrected chi connectivity index (χ3v) is 3.49. The van der Waals surface area contributed by atoms with Crippen molar-refractivity contribution in [2.75, 3.05) is 6.61 Å². The number of carbonyl (C=O) groups is 3. The Bertz CT molecular complexity index is 591. The Kier molecular flexibility index (Phi) is 5.30. The van der Waals surface area contributed by atoms with Crippen molar-refractivity contribution in [2.24, 2.45) is 0 Å². The lowest BCUT2D eigenvalue weighted by atomic mass is 10.1. The smallest absolute Gasteiger partial charge is 0.328 e. The van der Waals surface area contributed by atoms with Gasteiger partial charge in [-0.05, 0) is 12.5 Å². The molecule has 0 saturated carbocycles. The molecule has 0 radical (unpaired) electrons. The number of hydrogen-bond donors (Lipinski definition) is 3. The maximum absolute atomic E-state index is 12.2. The largest absolute Gasteiger partial charge is 0.480 e. The Morgan fingerprint density at radius 2 is 2.04 bits per heavy atom. The van der Waals surface area contributed by atoms with Gasteiger partial charge < -0.3 is 15.5 Å². The van der Waals surface area contributed by atoms with Gasteiger partial charge in [0, 0.05) is 0 Å². The first kappa shape index (κ1) is 16.9. The van der Waals surface area contributed by atoms with E-state index in [1.807, 2.05) is 6.07 Å². The van der Waals surface area contributed by atoms with Gasteiger partial charge in [0.15, 0.2) is 6.04 Å². The zero-order valence-corrected chi connectivity index (χ0v) is 12.5. The van der Waals surface area contributed by atoms with Gasteiger partial charge in [0.2, 0.25) is 5.91 Å². The van der Waals surface area contributed by atoms with E-state index in [1.165, 1.54) is 6.92 Å². The topological polar surface area (TPSA) is 116 Å². The number of carboxylic acid groups (broad SMARTS) is 1. The van der Waals surface area contributed by atoms with Gasteiger partial charge in [-0.1, -0.05) is 30.3 Å². The number of nitrogens with zero attached hydrogens (tertiary/aromatic N) is 1. The highest BCUT2D eigenvalue weighted by atomic mass is 16.7. The summed E-state index contributed by atoms with van der Waals surface area (Å²) in [7, 11) is 0. The van der Waals surface area contributed by atoms with Gasteiger partial charge in [-0.2, -0.15) is 0 Å². The highest BCUT2D eigenvalue weighted by molar-refractivity contribution is 5.91. The summed E-state index contributed by atoms with van der Waals surface area (Å²) >= 11 is 0. The maximum Gasteiger partial charge on any atom is 0.328 e. The molecule has 8 heteroatoms. The van der Waals surface area contributed by atoms with Crippen molar-refractivity contribution in [1.29, 1.82) is 0 Å². The van der Waals surface area contributed by atoms with Gasteiger partial charge in [-0.15, -0.1) is 0 Å². The van der Waals surface area contributed by atoms with E-state index in [0.717, 1.165) is 5.56 Å². The Morgan fingerprint density at radius 3 is 2.65 bits per heavy atom. The van der Waals surface area contributed by atoms with Gasteiger partial charge in [0.1, 0.15) is 18.8 Å². The molecular weight excluding hydrogens is 304 g/mol. The molecule has 1 saturated heterocycles.